The van der Waals surface area contributed by atoms with Crippen molar-refractivity contribution in [3.05, 3.63) is 58.8 Å². The minimum absolute atomic E-state index is 0.137. The van der Waals surface area contributed by atoms with Crippen molar-refractivity contribution in [3.8, 4) is 0 Å². The number of nitrogens with zero attached hydrogens (tertiary/aromatic N) is 3. The summed E-state index contributed by atoms with van der Waals surface area (Å²) in [6, 6.07) is 5.31. The van der Waals surface area contributed by atoms with Gasteiger partial charge in [0.05, 0.1) is 29.7 Å². The third kappa shape index (κ3) is 4.08. The Kier molecular flexibility index (Phi) is 5.83. The van der Waals surface area contributed by atoms with Gasteiger partial charge in [-0.05, 0) is 19.9 Å². The maximum atomic E-state index is 14.6. The van der Waals surface area contributed by atoms with Crippen molar-refractivity contribution < 1.29 is 17.9 Å². The Morgan fingerprint density at radius 1 is 1.23 bits per heavy atom. The number of benzene rings is 1. The summed E-state index contributed by atoms with van der Waals surface area (Å²) in [5, 5.41) is 7.08. The summed E-state index contributed by atoms with van der Waals surface area (Å²) in [6.45, 7) is 5.51. The summed E-state index contributed by atoms with van der Waals surface area (Å²) in [5.41, 5.74) is 0.896. The highest BCUT2D eigenvalue weighted by atomic mass is 19.3. The molecule has 0 saturated carbocycles. The second kappa shape index (κ2) is 8.53. The van der Waals surface area contributed by atoms with Crippen molar-refractivity contribution in [2.45, 2.75) is 32.4 Å². The zero-order valence-electron chi connectivity index (χ0n) is 16.6. The number of aryl methyl sites for hydroxylation is 1. The van der Waals surface area contributed by atoms with Crippen molar-refractivity contribution in [2.24, 2.45) is 0 Å². The van der Waals surface area contributed by atoms with Crippen LogP contribution in [0.15, 0.2) is 30.5 Å². The van der Waals surface area contributed by atoms with Crippen LogP contribution >= 0.6 is 0 Å². The van der Waals surface area contributed by atoms with Gasteiger partial charge in [0.15, 0.2) is 5.65 Å². The molecule has 4 rings (SSSR count). The van der Waals surface area contributed by atoms with Crippen molar-refractivity contribution in [2.75, 3.05) is 25.0 Å². The zero-order chi connectivity index (χ0) is 21.3. The lowest BCUT2D eigenvalue weighted by molar-refractivity contribution is 0.0276. The van der Waals surface area contributed by atoms with Crippen LogP contribution in [0.5, 0.6) is 0 Å². The van der Waals surface area contributed by atoms with E-state index in [9.17, 15) is 13.2 Å². The van der Waals surface area contributed by atoms with Gasteiger partial charge in [0.2, 0.25) is 0 Å². The number of anilines is 1. The average molecular weight is 417 g/mol. The lowest BCUT2D eigenvalue weighted by Gasteiger charge is -2.24. The highest BCUT2D eigenvalue weighted by molar-refractivity contribution is 5.87. The molecule has 1 fully saturated rings. The van der Waals surface area contributed by atoms with Gasteiger partial charge in [-0.25, -0.2) is 28.1 Å². The predicted molar refractivity (Wildman–Crippen MR) is 107 cm³/mol. The highest BCUT2D eigenvalue weighted by Crippen LogP contribution is 2.31. The first kappa shape index (κ1) is 20.5. The number of pyridine rings is 1. The van der Waals surface area contributed by atoms with Crippen LogP contribution in [-0.2, 0) is 4.74 Å². The summed E-state index contributed by atoms with van der Waals surface area (Å²) in [4.78, 5) is 13.3. The maximum Gasteiger partial charge on any atom is 0.266 e. The van der Waals surface area contributed by atoms with Gasteiger partial charge in [-0.2, -0.15) is 0 Å². The SMILES string of the molecule is Cc1nc(NC(C)c2cccc(C(F)F)c2F)c2cc([C@@H]3CNCCO3)cnc2n1. The molecule has 0 aliphatic carbocycles. The molecule has 1 aliphatic rings. The van der Waals surface area contributed by atoms with Crippen molar-refractivity contribution in [3.63, 3.8) is 0 Å². The fourth-order valence-corrected chi connectivity index (χ4v) is 3.56. The molecule has 1 aromatic carbocycles. The van der Waals surface area contributed by atoms with E-state index in [4.69, 9.17) is 4.74 Å². The largest absolute Gasteiger partial charge is 0.371 e. The van der Waals surface area contributed by atoms with Crippen LogP contribution < -0.4 is 10.6 Å². The Morgan fingerprint density at radius 2 is 2.03 bits per heavy atom. The number of halogens is 3. The normalized spacial score (nSPS) is 18.0. The topological polar surface area (TPSA) is 72.0 Å². The lowest BCUT2D eigenvalue weighted by Crippen LogP contribution is -2.33. The minimum atomic E-state index is -2.88. The molecule has 2 N–H and O–H groups in total. The first-order chi connectivity index (χ1) is 14.4. The third-order valence-corrected chi connectivity index (χ3v) is 5.10. The van der Waals surface area contributed by atoms with Gasteiger partial charge in [0.1, 0.15) is 17.5 Å². The van der Waals surface area contributed by atoms with Crippen LogP contribution in [0.3, 0.4) is 0 Å². The molecule has 2 atom stereocenters. The number of nitrogens with one attached hydrogen (secondary N) is 2. The number of alkyl halides is 2. The molecule has 3 heterocycles. The maximum absolute atomic E-state index is 14.6. The van der Waals surface area contributed by atoms with Crippen LogP contribution in [-0.4, -0.2) is 34.6 Å². The van der Waals surface area contributed by atoms with Crippen molar-refractivity contribution in [1.29, 1.82) is 0 Å². The van der Waals surface area contributed by atoms with Crippen LogP contribution in [0.4, 0.5) is 19.0 Å². The standard InChI is InChI=1S/C21H22F3N5O/c1-11(14-4-3-5-15(18(14)22)19(23)24)27-21-16-8-13(17-10-25-6-7-30-17)9-26-20(16)28-12(2)29-21/h3-5,8-9,11,17,19,25H,6-7,10H2,1-2H3,(H,26,27,28,29)/t11?,17-/m0/s1. The van der Waals surface area contributed by atoms with Crippen LogP contribution in [0.1, 0.15) is 48.0 Å². The van der Waals surface area contributed by atoms with E-state index in [-0.39, 0.29) is 11.7 Å². The molecule has 1 aliphatic heterocycles. The Bertz CT molecular complexity index is 1060. The van der Waals surface area contributed by atoms with Gasteiger partial charge in [-0.15, -0.1) is 0 Å². The third-order valence-electron chi connectivity index (χ3n) is 5.10. The molecule has 1 unspecified atom stereocenters. The minimum Gasteiger partial charge on any atom is -0.371 e. The molecular weight excluding hydrogens is 395 g/mol. The van der Waals surface area contributed by atoms with E-state index >= 15 is 0 Å². The van der Waals surface area contributed by atoms with E-state index in [1.165, 1.54) is 12.1 Å². The highest BCUT2D eigenvalue weighted by Gasteiger charge is 2.22. The summed E-state index contributed by atoms with van der Waals surface area (Å²) in [7, 11) is 0. The smallest absolute Gasteiger partial charge is 0.266 e. The van der Waals surface area contributed by atoms with Crippen LogP contribution in [0.25, 0.3) is 11.0 Å². The van der Waals surface area contributed by atoms with E-state index in [1.54, 1.807) is 20.0 Å². The molecule has 30 heavy (non-hydrogen) atoms. The number of hydrogen-bond donors (Lipinski definition) is 2. The molecule has 1 saturated heterocycles. The molecule has 0 amide bonds. The van der Waals surface area contributed by atoms with E-state index in [2.05, 4.69) is 25.6 Å². The summed E-state index contributed by atoms with van der Waals surface area (Å²) in [6.07, 6.45) is -1.29. The van der Waals surface area contributed by atoms with Crippen molar-refractivity contribution >= 4 is 16.9 Å². The molecule has 158 valence electrons. The Balaban J connectivity index is 1.70. The van der Waals surface area contributed by atoms with Gasteiger partial charge < -0.3 is 15.4 Å². The second-order valence-electron chi connectivity index (χ2n) is 7.24. The lowest BCUT2D eigenvalue weighted by atomic mass is 10.0. The second-order valence-corrected chi connectivity index (χ2v) is 7.24. The van der Waals surface area contributed by atoms with Gasteiger partial charge in [0.25, 0.3) is 6.43 Å². The molecule has 0 radical (unpaired) electrons. The number of hydrogen-bond acceptors (Lipinski definition) is 6. The first-order valence-corrected chi connectivity index (χ1v) is 9.73. The molecule has 0 bridgehead atoms. The number of fused-ring (bicyclic) bond motifs is 1. The van der Waals surface area contributed by atoms with Crippen LogP contribution in [0, 0.1) is 12.7 Å². The molecule has 6 nitrogen and oxygen atoms in total. The molecule has 9 heteroatoms. The van der Waals surface area contributed by atoms with Gasteiger partial charge >= 0.3 is 0 Å². The van der Waals surface area contributed by atoms with E-state index < -0.39 is 23.8 Å². The quantitative estimate of drug-likeness (QED) is 0.647. The number of aromatic nitrogens is 3. The fraction of sp³-hybridized carbons (Fsp3) is 0.381. The van der Waals surface area contributed by atoms with Gasteiger partial charge in [-0.3, -0.25) is 0 Å². The summed E-state index contributed by atoms with van der Waals surface area (Å²) >= 11 is 0. The average Bonchev–Trinajstić information content (AvgIpc) is 2.74. The number of ether oxygens (including phenoxy) is 1. The van der Waals surface area contributed by atoms with Crippen molar-refractivity contribution in [1.82, 2.24) is 20.3 Å². The summed E-state index contributed by atoms with van der Waals surface area (Å²) < 4.78 is 46.5. The number of morpholine rings is 1. The van der Waals surface area contributed by atoms with Gasteiger partial charge in [0, 0.05) is 30.4 Å². The van der Waals surface area contributed by atoms with E-state index in [1.807, 2.05) is 6.07 Å². The van der Waals surface area contributed by atoms with Gasteiger partial charge in [-0.1, -0.05) is 18.2 Å². The zero-order valence-corrected chi connectivity index (χ0v) is 16.6. The molecule has 0 spiro atoms. The van der Waals surface area contributed by atoms with E-state index in [0.29, 0.717) is 35.8 Å². The monoisotopic (exact) mass is 417 g/mol. The van der Waals surface area contributed by atoms with Crippen LogP contribution in [0.2, 0.25) is 0 Å². The summed E-state index contributed by atoms with van der Waals surface area (Å²) in [5.74, 6) is 0.0443. The Labute approximate surface area is 171 Å². The number of rotatable bonds is 5. The first-order valence-electron chi connectivity index (χ1n) is 9.73. The fourth-order valence-electron chi connectivity index (χ4n) is 3.56. The Hall–Kier alpha value is -2.78. The molecule has 3 aromatic rings. The predicted octanol–water partition coefficient (Wildman–Crippen LogP) is 4.24. The Morgan fingerprint density at radius 3 is 2.77 bits per heavy atom. The molecule has 2 aromatic heterocycles. The molecular formula is C21H22F3N5O. The van der Waals surface area contributed by atoms with E-state index in [0.717, 1.165) is 18.2 Å².